The third kappa shape index (κ3) is 2.36. The van der Waals surface area contributed by atoms with Gasteiger partial charge in [-0.15, -0.1) is 0 Å². The molecule has 3 saturated carbocycles. The van der Waals surface area contributed by atoms with Crippen molar-refractivity contribution in [2.75, 3.05) is 6.54 Å². The molecule has 5 atom stereocenters. The van der Waals surface area contributed by atoms with E-state index in [9.17, 15) is 4.79 Å². The molecule has 0 aromatic heterocycles. The number of rotatable bonds is 4. The van der Waals surface area contributed by atoms with Crippen LogP contribution < -0.4 is 5.73 Å². The van der Waals surface area contributed by atoms with Gasteiger partial charge < -0.3 is 5.73 Å². The summed E-state index contributed by atoms with van der Waals surface area (Å²) in [6, 6.07) is 0. The SMILES string of the molecule is NCC1CCCCC1C(=O)CC1CC2CCC1C2. The van der Waals surface area contributed by atoms with E-state index in [1.165, 1.54) is 44.9 Å². The van der Waals surface area contributed by atoms with Crippen LogP contribution in [-0.4, -0.2) is 12.3 Å². The van der Waals surface area contributed by atoms with Crippen molar-refractivity contribution < 1.29 is 4.79 Å². The van der Waals surface area contributed by atoms with Gasteiger partial charge in [0, 0.05) is 12.3 Å². The van der Waals surface area contributed by atoms with Crippen molar-refractivity contribution >= 4 is 5.78 Å². The Bertz CT molecular complexity index is 314. The molecule has 2 N–H and O–H groups in total. The van der Waals surface area contributed by atoms with Crippen LogP contribution in [0, 0.1) is 29.6 Å². The minimum Gasteiger partial charge on any atom is -0.330 e. The van der Waals surface area contributed by atoms with E-state index in [2.05, 4.69) is 0 Å². The summed E-state index contributed by atoms with van der Waals surface area (Å²) in [6.07, 6.45) is 11.3. The lowest BCUT2D eigenvalue weighted by Crippen LogP contribution is -2.33. The number of hydrogen-bond donors (Lipinski definition) is 1. The van der Waals surface area contributed by atoms with Crippen LogP contribution in [0.4, 0.5) is 0 Å². The molecule has 3 rings (SSSR count). The zero-order valence-electron chi connectivity index (χ0n) is 11.4. The Morgan fingerprint density at radius 2 is 1.83 bits per heavy atom. The standard InChI is InChI=1S/C16H27NO/c17-10-13-3-1-2-4-15(13)16(18)9-14-8-11-5-6-12(14)7-11/h11-15H,1-10,17H2. The third-order valence-corrected chi connectivity index (χ3v) is 5.97. The van der Waals surface area contributed by atoms with Gasteiger partial charge in [0.1, 0.15) is 5.78 Å². The molecule has 102 valence electrons. The van der Waals surface area contributed by atoms with E-state index in [4.69, 9.17) is 5.73 Å². The van der Waals surface area contributed by atoms with E-state index in [-0.39, 0.29) is 0 Å². The molecule has 3 aliphatic carbocycles. The maximum atomic E-state index is 12.5. The first-order valence-corrected chi connectivity index (χ1v) is 8.00. The molecule has 0 aliphatic heterocycles. The first kappa shape index (κ1) is 12.7. The monoisotopic (exact) mass is 249 g/mol. The highest BCUT2D eigenvalue weighted by Gasteiger charge is 2.41. The van der Waals surface area contributed by atoms with Gasteiger partial charge in [-0.25, -0.2) is 0 Å². The van der Waals surface area contributed by atoms with E-state index in [1.54, 1.807) is 0 Å². The summed E-state index contributed by atoms with van der Waals surface area (Å²) in [7, 11) is 0. The molecular formula is C16H27NO. The normalized spacial score (nSPS) is 43.3. The largest absolute Gasteiger partial charge is 0.330 e. The van der Waals surface area contributed by atoms with Gasteiger partial charge in [0.05, 0.1) is 0 Å². The minimum atomic E-state index is 0.308. The van der Waals surface area contributed by atoms with Crippen molar-refractivity contribution in [1.82, 2.24) is 0 Å². The molecule has 0 aromatic carbocycles. The molecular weight excluding hydrogens is 222 g/mol. The van der Waals surface area contributed by atoms with Crippen LogP contribution in [0.1, 0.15) is 57.8 Å². The Morgan fingerprint density at radius 1 is 1.00 bits per heavy atom. The number of carbonyl (C=O) groups excluding carboxylic acids is 1. The van der Waals surface area contributed by atoms with Crippen LogP contribution in [-0.2, 0) is 4.79 Å². The van der Waals surface area contributed by atoms with E-state index >= 15 is 0 Å². The second-order valence-electron chi connectivity index (χ2n) is 6.99. The summed E-state index contributed by atoms with van der Waals surface area (Å²) in [5.41, 5.74) is 5.85. The van der Waals surface area contributed by atoms with Crippen LogP contribution in [0.5, 0.6) is 0 Å². The number of Topliss-reactive ketones (excluding diaryl/α,β-unsaturated/α-hetero) is 1. The molecule has 3 fully saturated rings. The fraction of sp³-hybridized carbons (Fsp3) is 0.938. The highest BCUT2D eigenvalue weighted by molar-refractivity contribution is 5.81. The topological polar surface area (TPSA) is 43.1 Å². The fourth-order valence-electron chi connectivity index (χ4n) is 4.95. The number of nitrogens with two attached hydrogens (primary N) is 1. The summed E-state index contributed by atoms with van der Waals surface area (Å²) >= 11 is 0. The van der Waals surface area contributed by atoms with Crippen molar-refractivity contribution in [2.45, 2.75) is 57.8 Å². The highest BCUT2D eigenvalue weighted by Crippen LogP contribution is 2.50. The first-order valence-electron chi connectivity index (χ1n) is 8.00. The van der Waals surface area contributed by atoms with Crippen molar-refractivity contribution in [3.8, 4) is 0 Å². The zero-order valence-corrected chi connectivity index (χ0v) is 11.4. The third-order valence-electron chi connectivity index (χ3n) is 5.97. The van der Waals surface area contributed by atoms with Crippen LogP contribution in [0.25, 0.3) is 0 Å². The second kappa shape index (κ2) is 5.32. The van der Waals surface area contributed by atoms with Crippen LogP contribution in [0.2, 0.25) is 0 Å². The number of fused-ring (bicyclic) bond motifs is 2. The second-order valence-corrected chi connectivity index (χ2v) is 6.99. The molecule has 2 bridgehead atoms. The Hall–Kier alpha value is -0.370. The van der Waals surface area contributed by atoms with Gasteiger partial charge in [-0.3, -0.25) is 4.79 Å². The van der Waals surface area contributed by atoms with Crippen molar-refractivity contribution in [3.63, 3.8) is 0 Å². The van der Waals surface area contributed by atoms with Crippen molar-refractivity contribution in [3.05, 3.63) is 0 Å². The molecule has 3 aliphatic rings. The number of carbonyl (C=O) groups is 1. The lowest BCUT2D eigenvalue weighted by molar-refractivity contribution is -0.126. The van der Waals surface area contributed by atoms with E-state index in [1.807, 2.05) is 0 Å². The van der Waals surface area contributed by atoms with Crippen LogP contribution in [0.3, 0.4) is 0 Å². The minimum absolute atomic E-state index is 0.308. The van der Waals surface area contributed by atoms with Gasteiger partial charge in [0.25, 0.3) is 0 Å². The van der Waals surface area contributed by atoms with Crippen molar-refractivity contribution in [1.29, 1.82) is 0 Å². The van der Waals surface area contributed by atoms with Crippen LogP contribution in [0.15, 0.2) is 0 Å². The fourth-order valence-corrected chi connectivity index (χ4v) is 4.95. The zero-order chi connectivity index (χ0) is 12.5. The molecule has 0 radical (unpaired) electrons. The summed E-state index contributed by atoms with van der Waals surface area (Å²) in [6.45, 7) is 0.715. The molecule has 18 heavy (non-hydrogen) atoms. The Labute approximate surface area is 111 Å². The Kier molecular flexibility index (Phi) is 3.74. The molecule has 0 spiro atoms. The summed E-state index contributed by atoms with van der Waals surface area (Å²) < 4.78 is 0. The van der Waals surface area contributed by atoms with E-state index in [0.29, 0.717) is 24.2 Å². The smallest absolute Gasteiger partial charge is 0.136 e. The molecule has 2 nitrogen and oxygen atoms in total. The average molecular weight is 249 g/mol. The molecule has 0 aromatic rings. The quantitative estimate of drug-likeness (QED) is 0.831. The molecule has 0 saturated heterocycles. The van der Waals surface area contributed by atoms with E-state index < -0.39 is 0 Å². The number of ketones is 1. The molecule has 5 unspecified atom stereocenters. The van der Waals surface area contributed by atoms with Gasteiger partial charge in [-0.1, -0.05) is 19.3 Å². The maximum Gasteiger partial charge on any atom is 0.136 e. The predicted molar refractivity (Wildman–Crippen MR) is 73.1 cm³/mol. The summed E-state index contributed by atoms with van der Waals surface area (Å²) in [4.78, 5) is 12.5. The van der Waals surface area contributed by atoms with Gasteiger partial charge in [0.2, 0.25) is 0 Å². The van der Waals surface area contributed by atoms with Crippen molar-refractivity contribution in [2.24, 2.45) is 35.3 Å². The summed E-state index contributed by atoms with van der Waals surface area (Å²) in [5, 5.41) is 0. The van der Waals surface area contributed by atoms with E-state index in [0.717, 1.165) is 30.6 Å². The van der Waals surface area contributed by atoms with Gasteiger partial charge in [-0.2, -0.15) is 0 Å². The molecule has 0 amide bonds. The predicted octanol–water partition coefficient (Wildman–Crippen LogP) is 3.15. The van der Waals surface area contributed by atoms with Crippen LogP contribution >= 0.6 is 0 Å². The molecule has 2 heteroatoms. The Balaban J connectivity index is 1.57. The molecule has 0 heterocycles. The average Bonchev–Trinajstić information content (AvgIpc) is 3.01. The lowest BCUT2D eigenvalue weighted by Gasteiger charge is -2.31. The first-order chi connectivity index (χ1) is 8.78. The van der Waals surface area contributed by atoms with Gasteiger partial charge in [-0.05, 0) is 62.3 Å². The Morgan fingerprint density at radius 3 is 2.50 bits per heavy atom. The highest BCUT2D eigenvalue weighted by atomic mass is 16.1. The van der Waals surface area contributed by atoms with Gasteiger partial charge in [0.15, 0.2) is 0 Å². The van der Waals surface area contributed by atoms with Gasteiger partial charge >= 0.3 is 0 Å². The lowest BCUT2D eigenvalue weighted by atomic mass is 9.73. The maximum absolute atomic E-state index is 12.5. The number of hydrogen-bond acceptors (Lipinski definition) is 2. The summed E-state index contributed by atoms with van der Waals surface area (Å²) in [5.74, 6) is 3.94.